The van der Waals surface area contributed by atoms with Crippen molar-refractivity contribution in [1.82, 2.24) is 5.32 Å². The number of aryl methyl sites for hydroxylation is 1. The number of alkyl halides is 3. The first-order valence-corrected chi connectivity index (χ1v) is 7.53. The number of para-hydroxylation sites is 1. The van der Waals surface area contributed by atoms with E-state index in [1.54, 1.807) is 12.1 Å². The van der Waals surface area contributed by atoms with Crippen LogP contribution in [0.2, 0.25) is 0 Å². The third-order valence-corrected chi connectivity index (χ3v) is 3.60. The van der Waals surface area contributed by atoms with E-state index in [4.69, 9.17) is 0 Å². The Hall–Kier alpha value is -2.83. The summed E-state index contributed by atoms with van der Waals surface area (Å²) < 4.78 is 38.1. The summed E-state index contributed by atoms with van der Waals surface area (Å²) >= 11 is 0. The van der Waals surface area contributed by atoms with E-state index in [0.29, 0.717) is 5.69 Å². The highest BCUT2D eigenvalue weighted by molar-refractivity contribution is 6.01. The Kier molecular flexibility index (Phi) is 5.46. The van der Waals surface area contributed by atoms with Gasteiger partial charge in [-0.05, 0) is 43.7 Å². The van der Waals surface area contributed by atoms with E-state index in [9.17, 15) is 22.8 Å². The number of nitrogens with one attached hydrogen (secondary N) is 2. The lowest BCUT2D eigenvalue weighted by Crippen LogP contribution is -2.41. The van der Waals surface area contributed by atoms with Gasteiger partial charge in [-0.15, -0.1) is 0 Å². The Morgan fingerprint density at radius 3 is 2.36 bits per heavy atom. The van der Waals surface area contributed by atoms with E-state index in [2.05, 4.69) is 10.6 Å². The highest BCUT2D eigenvalue weighted by Gasteiger charge is 2.31. The molecule has 0 radical (unpaired) electrons. The molecule has 0 heterocycles. The fourth-order valence-electron chi connectivity index (χ4n) is 2.14. The SMILES string of the molecule is Cc1ccccc1NC(=O)C(C)NC(=O)c1cccc(C(F)(F)F)c1. The molecule has 0 aliphatic rings. The molecule has 2 aromatic rings. The van der Waals surface area contributed by atoms with Crippen LogP contribution in [-0.2, 0) is 11.0 Å². The standard InChI is InChI=1S/C18H17F3N2O2/c1-11-6-3-4-9-15(11)23-16(24)12(2)22-17(25)13-7-5-8-14(10-13)18(19,20)21/h3-10,12H,1-2H3,(H,22,25)(H,23,24). The number of carbonyl (C=O) groups is 2. The first kappa shape index (κ1) is 18.5. The Balaban J connectivity index is 2.05. The molecule has 0 aliphatic heterocycles. The summed E-state index contributed by atoms with van der Waals surface area (Å²) in [6.45, 7) is 3.28. The number of benzene rings is 2. The third-order valence-electron chi connectivity index (χ3n) is 3.60. The van der Waals surface area contributed by atoms with Crippen molar-refractivity contribution in [3.63, 3.8) is 0 Å². The number of rotatable bonds is 4. The number of amides is 2. The van der Waals surface area contributed by atoms with E-state index < -0.39 is 29.6 Å². The third kappa shape index (κ3) is 4.82. The lowest BCUT2D eigenvalue weighted by Gasteiger charge is -2.16. The van der Waals surface area contributed by atoms with Crippen LogP contribution in [0, 0.1) is 6.92 Å². The quantitative estimate of drug-likeness (QED) is 0.882. The second kappa shape index (κ2) is 7.38. The lowest BCUT2D eigenvalue weighted by molar-refractivity contribution is -0.137. The van der Waals surface area contributed by atoms with E-state index in [1.807, 2.05) is 19.1 Å². The smallest absolute Gasteiger partial charge is 0.341 e. The summed E-state index contributed by atoms with van der Waals surface area (Å²) in [4.78, 5) is 24.3. The van der Waals surface area contributed by atoms with Crippen molar-refractivity contribution >= 4 is 17.5 Å². The Morgan fingerprint density at radius 1 is 1.04 bits per heavy atom. The first-order valence-electron chi connectivity index (χ1n) is 7.53. The summed E-state index contributed by atoms with van der Waals surface area (Å²) in [7, 11) is 0. The van der Waals surface area contributed by atoms with Crippen molar-refractivity contribution < 1.29 is 22.8 Å². The van der Waals surface area contributed by atoms with Crippen LogP contribution in [0.4, 0.5) is 18.9 Å². The minimum atomic E-state index is -4.54. The fourth-order valence-corrected chi connectivity index (χ4v) is 2.14. The van der Waals surface area contributed by atoms with Gasteiger partial charge in [0, 0.05) is 11.3 Å². The van der Waals surface area contributed by atoms with Crippen molar-refractivity contribution in [2.45, 2.75) is 26.1 Å². The van der Waals surface area contributed by atoms with Crippen LogP contribution in [-0.4, -0.2) is 17.9 Å². The molecular weight excluding hydrogens is 333 g/mol. The van der Waals surface area contributed by atoms with Crippen LogP contribution in [0.5, 0.6) is 0 Å². The van der Waals surface area contributed by atoms with Crippen LogP contribution in [0.1, 0.15) is 28.4 Å². The summed E-state index contributed by atoms with van der Waals surface area (Å²) in [5, 5.41) is 5.06. The lowest BCUT2D eigenvalue weighted by atomic mass is 10.1. The highest BCUT2D eigenvalue weighted by atomic mass is 19.4. The Bertz CT molecular complexity index is 788. The minimum Gasteiger partial charge on any atom is -0.341 e. The van der Waals surface area contributed by atoms with Gasteiger partial charge >= 0.3 is 6.18 Å². The molecule has 2 N–H and O–H groups in total. The zero-order valence-electron chi connectivity index (χ0n) is 13.6. The molecule has 1 atom stereocenters. The molecule has 0 saturated heterocycles. The first-order chi connectivity index (χ1) is 11.7. The van der Waals surface area contributed by atoms with Crippen LogP contribution < -0.4 is 10.6 Å². The Labute approximate surface area is 143 Å². The van der Waals surface area contributed by atoms with Crippen molar-refractivity contribution in [2.24, 2.45) is 0 Å². The molecule has 0 spiro atoms. The highest BCUT2D eigenvalue weighted by Crippen LogP contribution is 2.29. The van der Waals surface area contributed by atoms with E-state index in [1.165, 1.54) is 13.0 Å². The summed E-state index contributed by atoms with van der Waals surface area (Å²) in [6.07, 6.45) is -4.54. The maximum Gasteiger partial charge on any atom is 0.416 e. The normalized spacial score (nSPS) is 12.4. The second-order valence-corrected chi connectivity index (χ2v) is 5.58. The van der Waals surface area contributed by atoms with E-state index >= 15 is 0 Å². The molecule has 132 valence electrons. The maximum atomic E-state index is 12.7. The van der Waals surface area contributed by atoms with Crippen molar-refractivity contribution in [1.29, 1.82) is 0 Å². The molecule has 0 fully saturated rings. The molecule has 2 aromatic carbocycles. The summed E-state index contributed by atoms with van der Waals surface area (Å²) in [5.74, 6) is -1.21. The summed E-state index contributed by atoms with van der Waals surface area (Å²) in [5.41, 5.74) is 0.377. The molecule has 0 aliphatic carbocycles. The second-order valence-electron chi connectivity index (χ2n) is 5.58. The Morgan fingerprint density at radius 2 is 1.72 bits per heavy atom. The number of carbonyl (C=O) groups excluding carboxylic acids is 2. The summed E-state index contributed by atoms with van der Waals surface area (Å²) in [6, 6.07) is 10.2. The van der Waals surface area contributed by atoms with Crippen molar-refractivity contribution in [2.75, 3.05) is 5.32 Å². The van der Waals surface area contributed by atoms with Crippen LogP contribution in [0.15, 0.2) is 48.5 Å². The van der Waals surface area contributed by atoms with E-state index in [-0.39, 0.29) is 5.56 Å². The molecule has 7 heteroatoms. The molecule has 1 unspecified atom stereocenters. The van der Waals surface area contributed by atoms with Crippen molar-refractivity contribution in [3.05, 3.63) is 65.2 Å². The van der Waals surface area contributed by atoms with Gasteiger partial charge < -0.3 is 10.6 Å². The molecule has 4 nitrogen and oxygen atoms in total. The molecular formula is C18H17F3N2O2. The molecule has 25 heavy (non-hydrogen) atoms. The number of hydrogen-bond donors (Lipinski definition) is 2. The van der Waals surface area contributed by atoms with Gasteiger partial charge in [-0.3, -0.25) is 9.59 Å². The van der Waals surface area contributed by atoms with Crippen LogP contribution in [0.3, 0.4) is 0 Å². The number of hydrogen-bond acceptors (Lipinski definition) is 2. The van der Waals surface area contributed by atoms with Gasteiger partial charge in [0.05, 0.1) is 5.56 Å². The van der Waals surface area contributed by atoms with Gasteiger partial charge in [0.25, 0.3) is 5.91 Å². The monoisotopic (exact) mass is 350 g/mol. The van der Waals surface area contributed by atoms with Crippen LogP contribution in [0.25, 0.3) is 0 Å². The maximum absolute atomic E-state index is 12.7. The van der Waals surface area contributed by atoms with Crippen molar-refractivity contribution in [3.8, 4) is 0 Å². The molecule has 2 amide bonds. The minimum absolute atomic E-state index is 0.162. The zero-order chi connectivity index (χ0) is 18.6. The topological polar surface area (TPSA) is 58.2 Å². The average Bonchev–Trinajstić information content (AvgIpc) is 2.56. The molecule has 0 saturated carbocycles. The molecule has 0 bridgehead atoms. The zero-order valence-corrected chi connectivity index (χ0v) is 13.6. The number of anilines is 1. The van der Waals surface area contributed by atoms with E-state index in [0.717, 1.165) is 23.8 Å². The fraction of sp³-hybridized carbons (Fsp3) is 0.222. The number of halogens is 3. The molecule has 2 rings (SSSR count). The van der Waals surface area contributed by atoms with Gasteiger partial charge in [-0.1, -0.05) is 24.3 Å². The van der Waals surface area contributed by atoms with Gasteiger partial charge in [0.2, 0.25) is 5.91 Å². The van der Waals surface area contributed by atoms with Gasteiger partial charge in [-0.2, -0.15) is 13.2 Å². The predicted molar refractivity (Wildman–Crippen MR) is 88.2 cm³/mol. The molecule has 0 aromatic heterocycles. The predicted octanol–water partition coefficient (Wildman–Crippen LogP) is 3.77. The largest absolute Gasteiger partial charge is 0.416 e. The van der Waals surface area contributed by atoms with Crippen LogP contribution >= 0.6 is 0 Å². The van der Waals surface area contributed by atoms with Gasteiger partial charge in [0.1, 0.15) is 6.04 Å². The van der Waals surface area contributed by atoms with Gasteiger partial charge in [0.15, 0.2) is 0 Å². The van der Waals surface area contributed by atoms with Gasteiger partial charge in [-0.25, -0.2) is 0 Å². The average molecular weight is 350 g/mol.